The van der Waals surface area contributed by atoms with E-state index in [1.54, 1.807) is 6.07 Å². The van der Waals surface area contributed by atoms with Gasteiger partial charge in [-0.15, -0.1) is 0 Å². The van der Waals surface area contributed by atoms with Gasteiger partial charge in [-0.25, -0.2) is 13.1 Å². The number of hydrogen-bond acceptors (Lipinski definition) is 3. The van der Waals surface area contributed by atoms with E-state index in [2.05, 4.69) is 39.8 Å². The van der Waals surface area contributed by atoms with E-state index in [1.807, 2.05) is 32.9 Å². The SMILES string of the molecule is CC(C)NCc1ccc(S(=O)(=O)NC(C)C(C)C)c(Br)c1. The average molecular weight is 377 g/mol. The molecule has 1 atom stereocenters. The molecule has 0 saturated heterocycles. The number of nitrogens with one attached hydrogen (secondary N) is 2. The Morgan fingerprint density at radius 1 is 1.14 bits per heavy atom. The Morgan fingerprint density at radius 2 is 1.76 bits per heavy atom. The van der Waals surface area contributed by atoms with Crippen LogP contribution in [0.3, 0.4) is 0 Å². The molecule has 0 aliphatic rings. The Kier molecular flexibility index (Phi) is 6.84. The maximum absolute atomic E-state index is 12.4. The summed E-state index contributed by atoms with van der Waals surface area (Å²) in [5.41, 5.74) is 1.05. The molecule has 2 N–H and O–H groups in total. The van der Waals surface area contributed by atoms with Gasteiger partial charge in [0.2, 0.25) is 10.0 Å². The highest BCUT2D eigenvalue weighted by atomic mass is 79.9. The van der Waals surface area contributed by atoms with Gasteiger partial charge in [0.05, 0.1) is 4.90 Å². The molecule has 0 spiro atoms. The van der Waals surface area contributed by atoms with Crippen molar-refractivity contribution in [1.82, 2.24) is 10.0 Å². The van der Waals surface area contributed by atoms with Crippen LogP contribution in [0.5, 0.6) is 0 Å². The minimum Gasteiger partial charge on any atom is -0.310 e. The summed E-state index contributed by atoms with van der Waals surface area (Å²) in [4.78, 5) is 0.281. The molecular formula is C15H25BrN2O2S. The van der Waals surface area contributed by atoms with Crippen molar-refractivity contribution in [2.45, 2.75) is 58.1 Å². The molecule has 0 bridgehead atoms. The van der Waals surface area contributed by atoms with Gasteiger partial charge in [0.15, 0.2) is 0 Å². The van der Waals surface area contributed by atoms with E-state index in [0.717, 1.165) is 5.56 Å². The molecule has 4 nitrogen and oxygen atoms in total. The van der Waals surface area contributed by atoms with E-state index in [0.29, 0.717) is 17.1 Å². The van der Waals surface area contributed by atoms with Crippen LogP contribution in [0.2, 0.25) is 0 Å². The summed E-state index contributed by atoms with van der Waals surface area (Å²) in [6.45, 7) is 10.7. The maximum Gasteiger partial charge on any atom is 0.241 e. The lowest BCUT2D eigenvalue weighted by Gasteiger charge is -2.18. The number of hydrogen-bond donors (Lipinski definition) is 2. The Balaban J connectivity index is 2.93. The van der Waals surface area contributed by atoms with Crippen LogP contribution >= 0.6 is 15.9 Å². The fourth-order valence-electron chi connectivity index (χ4n) is 1.64. The molecule has 120 valence electrons. The van der Waals surface area contributed by atoms with Crippen LogP contribution in [0.25, 0.3) is 0 Å². The first-order chi connectivity index (χ1) is 9.63. The molecule has 0 aliphatic heterocycles. The molecule has 0 saturated carbocycles. The molecule has 0 aromatic heterocycles. The highest BCUT2D eigenvalue weighted by molar-refractivity contribution is 9.10. The molecule has 0 fully saturated rings. The van der Waals surface area contributed by atoms with Crippen molar-refractivity contribution in [1.29, 1.82) is 0 Å². The highest BCUT2D eigenvalue weighted by Crippen LogP contribution is 2.24. The standard InChI is InChI=1S/C15H25BrN2O2S/c1-10(2)12(5)18-21(19,20)15-7-6-13(8-14(15)16)9-17-11(3)4/h6-8,10-12,17-18H,9H2,1-5H3. The molecule has 1 aromatic rings. The Labute approximate surface area is 136 Å². The molecular weight excluding hydrogens is 352 g/mol. The van der Waals surface area contributed by atoms with Gasteiger partial charge in [-0.05, 0) is 46.5 Å². The van der Waals surface area contributed by atoms with Crippen molar-refractivity contribution >= 4 is 26.0 Å². The molecule has 1 aromatic carbocycles. The molecule has 1 unspecified atom stereocenters. The minimum absolute atomic E-state index is 0.107. The Hall–Kier alpha value is -0.430. The maximum atomic E-state index is 12.4. The highest BCUT2D eigenvalue weighted by Gasteiger charge is 2.21. The molecule has 0 aliphatic carbocycles. The topological polar surface area (TPSA) is 58.2 Å². The van der Waals surface area contributed by atoms with Crippen LogP contribution in [0.1, 0.15) is 40.2 Å². The summed E-state index contributed by atoms with van der Waals surface area (Å²) >= 11 is 3.37. The average Bonchev–Trinajstić information content (AvgIpc) is 2.35. The largest absolute Gasteiger partial charge is 0.310 e. The first-order valence-electron chi connectivity index (χ1n) is 7.17. The zero-order valence-electron chi connectivity index (χ0n) is 13.3. The molecule has 0 amide bonds. The van der Waals surface area contributed by atoms with Crippen LogP contribution in [-0.2, 0) is 16.6 Å². The summed E-state index contributed by atoms with van der Waals surface area (Å²) in [5, 5.41) is 3.31. The first-order valence-corrected chi connectivity index (χ1v) is 9.45. The molecule has 21 heavy (non-hydrogen) atoms. The lowest BCUT2D eigenvalue weighted by Crippen LogP contribution is -2.36. The van der Waals surface area contributed by atoms with Crippen molar-refractivity contribution in [3.05, 3.63) is 28.2 Å². The van der Waals surface area contributed by atoms with Crippen LogP contribution in [-0.4, -0.2) is 20.5 Å². The third kappa shape index (κ3) is 5.70. The fraction of sp³-hybridized carbons (Fsp3) is 0.600. The molecule has 0 radical (unpaired) electrons. The second kappa shape index (κ2) is 7.72. The van der Waals surface area contributed by atoms with Gasteiger partial charge in [0.1, 0.15) is 0 Å². The van der Waals surface area contributed by atoms with Gasteiger partial charge in [-0.2, -0.15) is 0 Å². The number of sulfonamides is 1. The van der Waals surface area contributed by atoms with E-state index in [-0.39, 0.29) is 16.9 Å². The van der Waals surface area contributed by atoms with Gasteiger partial charge in [-0.3, -0.25) is 0 Å². The first kappa shape index (κ1) is 18.6. The van der Waals surface area contributed by atoms with E-state index < -0.39 is 10.0 Å². The second-order valence-electron chi connectivity index (χ2n) is 5.95. The van der Waals surface area contributed by atoms with E-state index in [1.165, 1.54) is 0 Å². The lowest BCUT2D eigenvalue weighted by atomic mass is 10.1. The third-order valence-electron chi connectivity index (χ3n) is 3.34. The van der Waals surface area contributed by atoms with Gasteiger partial charge in [0.25, 0.3) is 0 Å². The Bertz CT molecular complexity index is 571. The quantitative estimate of drug-likeness (QED) is 0.767. The van der Waals surface area contributed by atoms with Crippen LogP contribution in [0.4, 0.5) is 0 Å². The summed E-state index contributed by atoms with van der Waals surface area (Å²) in [6, 6.07) is 5.63. The summed E-state index contributed by atoms with van der Waals surface area (Å²) < 4.78 is 28.1. The zero-order chi connectivity index (χ0) is 16.2. The summed E-state index contributed by atoms with van der Waals surface area (Å²) in [5.74, 6) is 0.244. The predicted molar refractivity (Wildman–Crippen MR) is 90.7 cm³/mol. The number of halogens is 1. The molecule has 1 rings (SSSR count). The van der Waals surface area contributed by atoms with Gasteiger partial charge in [-0.1, -0.05) is 33.8 Å². The smallest absolute Gasteiger partial charge is 0.241 e. The van der Waals surface area contributed by atoms with Crippen LogP contribution in [0.15, 0.2) is 27.6 Å². The molecule has 6 heteroatoms. The Morgan fingerprint density at radius 3 is 2.24 bits per heavy atom. The van der Waals surface area contributed by atoms with Gasteiger partial charge in [0, 0.05) is 23.1 Å². The third-order valence-corrected chi connectivity index (χ3v) is 5.88. The van der Waals surface area contributed by atoms with Crippen molar-refractivity contribution in [3.63, 3.8) is 0 Å². The number of rotatable bonds is 7. The predicted octanol–water partition coefficient (Wildman–Crippen LogP) is 3.27. The van der Waals surface area contributed by atoms with Crippen molar-refractivity contribution in [2.24, 2.45) is 5.92 Å². The van der Waals surface area contributed by atoms with Crippen LogP contribution in [0, 0.1) is 5.92 Å². The molecule has 0 heterocycles. The van der Waals surface area contributed by atoms with Crippen molar-refractivity contribution < 1.29 is 8.42 Å². The van der Waals surface area contributed by atoms with Crippen LogP contribution < -0.4 is 10.0 Å². The monoisotopic (exact) mass is 376 g/mol. The summed E-state index contributed by atoms with van der Waals surface area (Å²) in [7, 11) is -3.50. The second-order valence-corrected chi connectivity index (χ2v) is 8.49. The fourth-order valence-corrected chi connectivity index (χ4v) is 4.16. The van der Waals surface area contributed by atoms with Crippen molar-refractivity contribution in [2.75, 3.05) is 0 Å². The van der Waals surface area contributed by atoms with E-state index in [4.69, 9.17) is 0 Å². The zero-order valence-corrected chi connectivity index (χ0v) is 15.7. The van der Waals surface area contributed by atoms with Gasteiger partial charge >= 0.3 is 0 Å². The van der Waals surface area contributed by atoms with E-state index in [9.17, 15) is 8.42 Å². The minimum atomic E-state index is -3.50. The number of benzene rings is 1. The summed E-state index contributed by atoms with van der Waals surface area (Å²) in [6.07, 6.45) is 0. The lowest BCUT2D eigenvalue weighted by molar-refractivity contribution is 0.476. The van der Waals surface area contributed by atoms with E-state index >= 15 is 0 Å². The normalized spacial score (nSPS) is 13.9. The van der Waals surface area contributed by atoms with Crippen molar-refractivity contribution in [3.8, 4) is 0 Å². The van der Waals surface area contributed by atoms with Gasteiger partial charge < -0.3 is 5.32 Å².